The van der Waals surface area contributed by atoms with E-state index in [9.17, 15) is 24.3 Å². The van der Waals surface area contributed by atoms with Gasteiger partial charge in [-0.3, -0.25) is 14.4 Å². The Morgan fingerprint density at radius 2 is 1.93 bits per heavy atom. The maximum absolute atomic E-state index is 12.8. The number of carboxylic acid groups (broad SMARTS) is 1. The molecule has 1 saturated heterocycles. The molecule has 0 saturated carbocycles. The van der Waals surface area contributed by atoms with Gasteiger partial charge < -0.3 is 20.3 Å². The predicted molar refractivity (Wildman–Crippen MR) is 102 cm³/mol. The van der Waals surface area contributed by atoms with E-state index >= 15 is 0 Å². The van der Waals surface area contributed by atoms with Crippen LogP contribution < -0.4 is 5.32 Å². The Labute approximate surface area is 161 Å². The zero-order chi connectivity index (χ0) is 20.3. The second-order valence-corrected chi connectivity index (χ2v) is 6.74. The molecule has 1 aromatic carbocycles. The van der Waals surface area contributed by atoms with Crippen LogP contribution in [-0.2, 0) is 4.79 Å². The molecular formula is C20H21N3O5. The van der Waals surface area contributed by atoms with Gasteiger partial charge in [0.05, 0.1) is 0 Å². The van der Waals surface area contributed by atoms with Crippen LogP contribution in [0.3, 0.4) is 0 Å². The summed E-state index contributed by atoms with van der Waals surface area (Å²) in [5.41, 5.74) is 1.34. The van der Waals surface area contributed by atoms with Crippen LogP contribution in [0.2, 0.25) is 0 Å². The highest BCUT2D eigenvalue weighted by Gasteiger charge is 2.32. The van der Waals surface area contributed by atoms with Crippen molar-refractivity contribution in [1.29, 1.82) is 0 Å². The molecule has 1 atom stereocenters. The van der Waals surface area contributed by atoms with Crippen molar-refractivity contribution >= 4 is 29.3 Å². The fourth-order valence-electron chi connectivity index (χ4n) is 3.25. The van der Waals surface area contributed by atoms with E-state index < -0.39 is 17.9 Å². The molecule has 0 bridgehead atoms. The zero-order valence-electron chi connectivity index (χ0n) is 15.4. The van der Waals surface area contributed by atoms with Crippen molar-refractivity contribution < 1.29 is 24.3 Å². The van der Waals surface area contributed by atoms with Crippen molar-refractivity contribution in [2.75, 3.05) is 11.9 Å². The van der Waals surface area contributed by atoms with E-state index in [1.54, 1.807) is 18.2 Å². The lowest BCUT2D eigenvalue weighted by atomic mass is 10.0. The molecule has 28 heavy (non-hydrogen) atoms. The molecule has 2 aromatic rings. The number of hydrogen-bond donors (Lipinski definition) is 3. The highest BCUT2D eigenvalue weighted by atomic mass is 16.4. The number of carbonyl (C=O) groups excluding carboxylic acids is 3. The third kappa shape index (κ3) is 4.11. The topological polar surface area (TPSA) is 120 Å². The normalized spacial score (nSPS) is 16.5. The molecule has 0 aliphatic carbocycles. The van der Waals surface area contributed by atoms with Crippen molar-refractivity contribution in [3.63, 3.8) is 0 Å². The van der Waals surface area contributed by atoms with E-state index in [1.165, 1.54) is 30.2 Å². The van der Waals surface area contributed by atoms with Crippen LogP contribution in [0, 0.1) is 0 Å². The lowest BCUT2D eigenvalue weighted by molar-refractivity contribution is -0.143. The fraction of sp³-hybridized carbons (Fsp3) is 0.300. The highest BCUT2D eigenvalue weighted by molar-refractivity contribution is 6.06. The second-order valence-electron chi connectivity index (χ2n) is 6.74. The molecule has 1 aliphatic rings. The molecule has 1 unspecified atom stereocenters. The Morgan fingerprint density at radius 1 is 1.14 bits per heavy atom. The summed E-state index contributed by atoms with van der Waals surface area (Å²) in [5.74, 6) is -1.98. The van der Waals surface area contributed by atoms with Gasteiger partial charge in [-0.25, -0.2) is 4.79 Å². The number of anilines is 1. The first-order valence-electron chi connectivity index (χ1n) is 9.01. The first kappa shape index (κ1) is 19.3. The minimum absolute atomic E-state index is 0.155. The Balaban J connectivity index is 1.75. The predicted octanol–water partition coefficient (Wildman–Crippen LogP) is 2.55. The Morgan fingerprint density at radius 3 is 2.61 bits per heavy atom. The lowest BCUT2D eigenvalue weighted by Gasteiger charge is -2.33. The molecule has 1 aliphatic heterocycles. The molecule has 8 nitrogen and oxygen atoms in total. The van der Waals surface area contributed by atoms with Gasteiger partial charge in [-0.2, -0.15) is 0 Å². The molecule has 1 fully saturated rings. The number of amides is 2. The number of rotatable bonds is 5. The van der Waals surface area contributed by atoms with Crippen molar-refractivity contribution in [1.82, 2.24) is 9.88 Å². The van der Waals surface area contributed by atoms with Crippen molar-refractivity contribution in [3.8, 4) is 0 Å². The third-order valence-electron chi connectivity index (χ3n) is 4.75. The maximum Gasteiger partial charge on any atom is 0.326 e. The number of carboxylic acids is 1. The summed E-state index contributed by atoms with van der Waals surface area (Å²) in [4.78, 5) is 52.1. The Bertz CT molecular complexity index is 933. The van der Waals surface area contributed by atoms with Crippen LogP contribution in [-0.4, -0.2) is 51.1 Å². The summed E-state index contributed by atoms with van der Waals surface area (Å²) in [6, 6.07) is 6.99. The average molecular weight is 383 g/mol. The Kier molecular flexibility index (Phi) is 5.58. The van der Waals surface area contributed by atoms with Crippen LogP contribution in [0.5, 0.6) is 0 Å². The van der Waals surface area contributed by atoms with Crippen molar-refractivity contribution in [2.45, 2.75) is 32.2 Å². The van der Waals surface area contributed by atoms with E-state index in [2.05, 4.69) is 10.3 Å². The van der Waals surface area contributed by atoms with E-state index in [0.29, 0.717) is 29.8 Å². The summed E-state index contributed by atoms with van der Waals surface area (Å²) in [6.45, 7) is 1.80. The minimum atomic E-state index is -1.01. The summed E-state index contributed by atoms with van der Waals surface area (Å²) in [5, 5.41) is 12.0. The standard InChI is InChI=1S/C20H21N3O5/c1-12(24)14-10-16(21-11-14)18(25)22-15-6-4-5-13(9-15)19(26)23-8-3-2-7-17(23)20(27)28/h4-6,9-11,17,21H,2-3,7-8H2,1H3,(H,22,25)(H,27,28). The number of aromatic amines is 1. The minimum Gasteiger partial charge on any atom is -0.480 e. The van der Waals surface area contributed by atoms with Gasteiger partial charge in [0, 0.05) is 29.6 Å². The largest absolute Gasteiger partial charge is 0.480 e. The molecule has 2 heterocycles. The van der Waals surface area contributed by atoms with Crippen LogP contribution >= 0.6 is 0 Å². The summed E-state index contributed by atoms with van der Waals surface area (Å²) < 4.78 is 0. The average Bonchev–Trinajstić information content (AvgIpc) is 3.18. The molecule has 146 valence electrons. The Hall–Kier alpha value is -3.42. The molecule has 0 spiro atoms. The number of nitrogens with one attached hydrogen (secondary N) is 2. The molecule has 8 heteroatoms. The number of aromatic nitrogens is 1. The summed E-state index contributed by atoms with van der Waals surface area (Å²) in [7, 11) is 0. The van der Waals surface area contributed by atoms with Crippen LogP contribution in [0.1, 0.15) is 57.4 Å². The number of benzene rings is 1. The van der Waals surface area contributed by atoms with E-state index in [4.69, 9.17) is 0 Å². The molecule has 3 rings (SSSR count). The van der Waals surface area contributed by atoms with Gasteiger partial charge >= 0.3 is 5.97 Å². The summed E-state index contributed by atoms with van der Waals surface area (Å²) >= 11 is 0. The maximum atomic E-state index is 12.8. The molecule has 2 amide bonds. The van der Waals surface area contributed by atoms with Gasteiger partial charge in [-0.1, -0.05) is 6.07 Å². The number of ketones is 1. The van der Waals surface area contributed by atoms with Gasteiger partial charge in [-0.15, -0.1) is 0 Å². The monoisotopic (exact) mass is 383 g/mol. The number of piperidine rings is 1. The number of aliphatic carboxylic acids is 1. The molecule has 3 N–H and O–H groups in total. The van der Waals surface area contributed by atoms with Crippen molar-refractivity contribution in [2.24, 2.45) is 0 Å². The number of Topliss-reactive ketones (excluding diaryl/α,β-unsaturated/α-hetero) is 1. The SMILES string of the molecule is CC(=O)c1c[nH]c(C(=O)Nc2cccc(C(=O)N3CCCCC3C(=O)O)c2)c1. The van der Waals surface area contributed by atoms with Crippen LogP contribution in [0.25, 0.3) is 0 Å². The van der Waals surface area contributed by atoms with E-state index in [-0.39, 0.29) is 17.4 Å². The molecule has 0 radical (unpaired) electrons. The zero-order valence-corrected chi connectivity index (χ0v) is 15.4. The lowest BCUT2D eigenvalue weighted by Crippen LogP contribution is -2.48. The van der Waals surface area contributed by atoms with Gasteiger partial charge in [0.2, 0.25) is 0 Å². The van der Waals surface area contributed by atoms with Crippen molar-refractivity contribution in [3.05, 3.63) is 53.3 Å². The summed E-state index contributed by atoms with van der Waals surface area (Å²) in [6.07, 6.45) is 3.43. The number of nitrogens with zero attached hydrogens (tertiary/aromatic N) is 1. The van der Waals surface area contributed by atoms with E-state index in [0.717, 1.165) is 12.8 Å². The smallest absolute Gasteiger partial charge is 0.326 e. The van der Waals surface area contributed by atoms with Gasteiger partial charge in [0.1, 0.15) is 11.7 Å². The van der Waals surface area contributed by atoms with Gasteiger partial charge in [0.15, 0.2) is 5.78 Å². The number of carbonyl (C=O) groups is 4. The van der Waals surface area contributed by atoms with E-state index in [1.807, 2.05) is 0 Å². The van der Waals surface area contributed by atoms with Gasteiger partial charge in [-0.05, 0) is 50.5 Å². The van der Waals surface area contributed by atoms with Crippen LogP contribution in [0.4, 0.5) is 5.69 Å². The number of likely N-dealkylation sites (tertiary alicyclic amines) is 1. The molecular weight excluding hydrogens is 362 g/mol. The quantitative estimate of drug-likeness (QED) is 0.686. The second kappa shape index (κ2) is 8.08. The first-order chi connectivity index (χ1) is 13.4. The third-order valence-corrected chi connectivity index (χ3v) is 4.75. The number of H-pyrrole nitrogens is 1. The molecule has 1 aromatic heterocycles. The van der Waals surface area contributed by atoms with Crippen LogP contribution in [0.15, 0.2) is 36.5 Å². The first-order valence-corrected chi connectivity index (χ1v) is 9.01. The number of hydrogen-bond acceptors (Lipinski definition) is 4. The van der Waals surface area contributed by atoms with Gasteiger partial charge in [0.25, 0.3) is 11.8 Å². The fourth-order valence-corrected chi connectivity index (χ4v) is 3.25. The highest BCUT2D eigenvalue weighted by Crippen LogP contribution is 2.21.